The Morgan fingerprint density at radius 1 is 1.38 bits per heavy atom. The summed E-state index contributed by atoms with van der Waals surface area (Å²) in [6.07, 6.45) is 3.76. The van der Waals surface area contributed by atoms with E-state index in [1.54, 1.807) is 0 Å². The van der Waals surface area contributed by atoms with Crippen LogP contribution in [0.1, 0.15) is 31.7 Å². The number of rotatable bonds is 6. The van der Waals surface area contributed by atoms with E-state index in [4.69, 9.17) is 0 Å². The first-order chi connectivity index (χ1) is 10.1. The highest BCUT2D eigenvalue weighted by Gasteiger charge is 2.23. The summed E-state index contributed by atoms with van der Waals surface area (Å²) < 4.78 is 1.17. The number of nitrogens with zero attached hydrogens (tertiary/aromatic N) is 2. The van der Waals surface area contributed by atoms with Crippen LogP contribution >= 0.6 is 15.9 Å². The summed E-state index contributed by atoms with van der Waals surface area (Å²) in [6, 6.07) is 7.34. The maximum absolute atomic E-state index is 3.63. The fourth-order valence-electron chi connectivity index (χ4n) is 2.98. The predicted molar refractivity (Wildman–Crippen MR) is 95.1 cm³/mol. The minimum absolute atomic E-state index is 0.661. The minimum Gasteiger partial charge on any atom is -0.370 e. The number of likely N-dealkylation sites (N-methyl/N-ethyl adjacent to an activating group) is 1. The molecule has 0 bridgehead atoms. The quantitative estimate of drug-likeness (QED) is 0.789. The van der Waals surface area contributed by atoms with Crippen molar-refractivity contribution in [3.05, 3.63) is 28.2 Å². The lowest BCUT2D eigenvalue weighted by Gasteiger charge is -2.38. The third kappa shape index (κ3) is 4.70. The SMILES string of the molecule is CCCNCc1ccc(Br)cc1N1CCCC(N(C)C)C1. The Labute approximate surface area is 137 Å². The summed E-state index contributed by atoms with van der Waals surface area (Å²) in [6.45, 7) is 6.54. The Morgan fingerprint density at radius 2 is 2.19 bits per heavy atom. The first-order valence-electron chi connectivity index (χ1n) is 8.02. The molecule has 1 N–H and O–H groups in total. The number of hydrogen-bond donors (Lipinski definition) is 1. The van der Waals surface area contributed by atoms with Gasteiger partial charge in [0.1, 0.15) is 0 Å². The van der Waals surface area contributed by atoms with Gasteiger partial charge in [0.15, 0.2) is 0 Å². The first kappa shape index (κ1) is 16.8. The van der Waals surface area contributed by atoms with Crippen LogP contribution in [0.15, 0.2) is 22.7 Å². The summed E-state index contributed by atoms with van der Waals surface area (Å²) in [5.41, 5.74) is 2.80. The summed E-state index contributed by atoms with van der Waals surface area (Å²) >= 11 is 3.63. The molecule has 3 nitrogen and oxygen atoms in total. The van der Waals surface area contributed by atoms with Gasteiger partial charge in [-0.1, -0.05) is 28.9 Å². The van der Waals surface area contributed by atoms with Gasteiger partial charge in [-0.3, -0.25) is 0 Å². The number of anilines is 1. The van der Waals surface area contributed by atoms with Crippen molar-refractivity contribution >= 4 is 21.6 Å². The van der Waals surface area contributed by atoms with Gasteiger partial charge in [-0.05, 0) is 57.6 Å². The number of benzene rings is 1. The van der Waals surface area contributed by atoms with Crippen molar-refractivity contribution < 1.29 is 0 Å². The lowest BCUT2D eigenvalue weighted by molar-refractivity contribution is 0.258. The molecule has 2 rings (SSSR count). The van der Waals surface area contributed by atoms with Crippen LogP contribution < -0.4 is 10.2 Å². The van der Waals surface area contributed by atoms with Gasteiger partial charge in [0.05, 0.1) is 0 Å². The van der Waals surface area contributed by atoms with Crippen LogP contribution in [0.3, 0.4) is 0 Å². The van der Waals surface area contributed by atoms with Crippen molar-refractivity contribution in [2.45, 2.75) is 38.8 Å². The fourth-order valence-corrected chi connectivity index (χ4v) is 3.32. The van der Waals surface area contributed by atoms with E-state index in [9.17, 15) is 0 Å². The summed E-state index contributed by atoms with van der Waals surface area (Å²) in [5.74, 6) is 0. The molecule has 1 saturated heterocycles. The van der Waals surface area contributed by atoms with E-state index in [1.807, 2.05) is 0 Å². The second kappa shape index (κ2) is 8.16. The van der Waals surface area contributed by atoms with Gasteiger partial charge in [0.25, 0.3) is 0 Å². The highest BCUT2D eigenvalue weighted by molar-refractivity contribution is 9.10. The molecule has 0 aliphatic carbocycles. The van der Waals surface area contributed by atoms with Crippen molar-refractivity contribution in [2.75, 3.05) is 38.6 Å². The summed E-state index contributed by atoms with van der Waals surface area (Å²) in [4.78, 5) is 4.92. The third-order valence-electron chi connectivity index (χ3n) is 4.26. The summed E-state index contributed by atoms with van der Waals surface area (Å²) in [7, 11) is 4.39. The summed E-state index contributed by atoms with van der Waals surface area (Å²) in [5, 5.41) is 3.53. The average Bonchev–Trinajstić information content (AvgIpc) is 2.49. The lowest BCUT2D eigenvalue weighted by Crippen LogP contribution is -2.45. The molecular weight excluding hydrogens is 326 g/mol. The van der Waals surface area contributed by atoms with Crippen molar-refractivity contribution in [3.63, 3.8) is 0 Å². The molecule has 1 aliphatic rings. The van der Waals surface area contributed by atoms with Crippen molar-refractivity contribution in [1.82, 2.24) is 10.2 Å². The van der Waals surface area contributed by atoms with E-state index in [2.05, 4.69) is 70.3 Å². The van der Waals surface area contributed by atoms with Gasteiger partial charge in [-0.15, -0.1) is 0 Å². The van der Waals surface area contributed by atoms with E-state index < -0.39 is 0 Å². The monoisotopic (exact) mass is 353 g/mol. The number of hydrogen-bond acceptors (Lipinski definition) is 3. The standard InChI is InChI=1S/C17H28BrN3/c1-4-9-19-12-14-7-8-15(18)11-17(14)21-10-5-6-16(13-21)20(2)3/h7-8,11,16,19H,4-6,9-10,12-13H2,1-3H3. The Balaban J connectivity index is 2.14. The van der Waals surface area contributed by atoms with Crippen LogP contribution in [0.5, 0.6) is 0 Å². The Morgan fingerprint density at radius 3 is 2.90 bits per heavy atom. The Hall–Kier alpha value is -0.580. The molecule has 1 fully saturated rings. The maximum Gasteiger partial charge on any atom is 0.0423 e. The van der Waals surface area contributed by atoms with Crippen LogP contribution in [-0.2, 0) is 6.54 Å². The topological polar surface area (TPSA) is 18.5 Å². The smallest absolute Gasteiger partial charge is 0.0423 e. The normalized spacial score (nSPS) is 19.3. The van der Waals surface area contributed by atoms with Gasteiger partial charge in [-0.25, -0.2) is 0 Å². The highest BCUT2D eigenvalue weighted by Crippen LogP contribution is 2.28. The molecule has 1 aromatic rings. The predicted octanol–water partition coefficient (Wildman–Crippen LogP) is 3.48. The Kier molecular flexibility index (Phi) is 6.52. The maximum atomic E-state index is 3.63. The molecule has 1 aromatic carbocycles. The van der Waals surface area contributed by atoms with Crippen LogP contribution in [0.2, 0.25) is 0 Å². The van der Waals surface area contributed by atoms with Gasteiger partial charge in [0.2, 0.25) is 0 Å². The molecule has 4 heteroatoms. The Bertz CT molecular complexity index is 448. The second-order valence-electron chi connectivity index (χ2n) is 6.16. The van der Waals surface area contributed by atoms with Gasteiger partial charge >= 0.3 is 0 Å². The van der Waals surface area contributed by atoms with E-state index >= 15 is 0 Å². The molecule has 1 heterocycles. The lowest BCUT2D eigenvalue weighted by atomic mass is 10.0. The number of piperidine rings is 1. The zero-order valence-electron chi connectivity index (χ0n) is 13.5. The van der Waals surface area contributed by atoms with Crippen LogP contribution in [0.4, 0.5) is 5.69 Å². The first-order valence-corrected chi connectivity index (χ1v) is 8.81. The fraction of sp³-hybridized carbons (Fsp3) is 0.647. The average molecular weight is 354 g/mol. The van der Waals surface area contributed by atoms with Crippen LogP contribution in [0.25, 0.3) is 0 Å². The van der Waals surface area contributed by atoms with Crippen LogP contribution in [0, 0.1) is 0 Å². The van der Waals surface area contributed by atoms with E-state index in [0.717, 1.165) is 19.6 Å². The molecule has 1 aliphatic heterocycles. The largest absolute Gasteiger partial charge is 0.370 e. The second-order valence-corrected chi connectivity index (χ2v) is 7.07. The van der Waals surface area contributed by atoms with Crippen LogP contribution in [-0.4, -0.2) is 44.7 Å². The molecule has 1 atom stereocenters. The highest BCUT2D eigenvalue weighted by atomic mass is 79.9. The van der Waals surface area contributed by atoms with Gasteiger partial charge in [0, 0.05) is 35.8 Å². The number of nitrogens with one attached hydrogen (secondary N) is 1. The van der Waals surface area contributed by atoms with E-state index in [1.165, 1.54) is 41.5 Å². The van der Waals surface area contributed by atoms with Crippen molar-refractivity contribution in [2.24, 2.45) is 0 Å². The number of halogens is 1. The van der Waals surface area contributed by atoms with Crippen molar-refractivity contribution in [1.29, 1.82) is 0 Å². The molecule has 0 aromatic heterocycles. The molecule has 0 radical (unpaired) electrons. The van der Waals surface area contributed by atoms with E-state index in [0.29, 0.717) is 6.04 Å². The van der Waals surface area contributed by atoms with Crippen molar-refractivity contribution in [3.8, 4) is 0 Å². The molecule has 0 saturated carbocycles. The molecule has 0 spiro atoms. The third-order valence-corrected chi connectivity index (χ3v) is 4.75. The van der Waals surface area contributed by atoms with Gasteiger partial charge < -0.3 is 15.1 Å². The molecule has 21 heavy (non-hydrogen) atoms. The zero-order chi connectivity index (χ0) is 15.2. The molecule has 118 valence electrons. The van der Waals surface area contributed by atoms with E-state index in [-0.39, 0.29) is 0 Å². The zero-order valence-corrected chi connectivity index (χ0v) is 15.1. The molecule has 0 amide bonds. The van der Waals surface area contributed by atoms with Gasteiger partial charge in [-0.2, -0.15) is 0 Å². The minimum atomic E-state index is 0.661. The molecule has 1 unspecified atom stereocenters. The molecular formula is C17H28BrN3.